The number of nitrogens with one attached hydrogen (secondary N) is 2. The van der Waals surface area contributed by atoms with Gasteiger partial charge in [-0.1, -0.05) is 145 Å². The number of hydrogen-bond acceptors (Lipinski definition) is 21. The maximum atomic E-state index is 11.6. The van der Waals surface area contributed by atoms with Gasteiger partial charge in [0, 0.05) is 43.5 Å². The molecule has 0 aliphatic heterocycles. The van der Waals surface area contributed by atoms with E-state index >= 15 is 0 Å². The van der Waals surface area contributed by atoms with Crippen molar-refractivity contribution in [3.05, 3.63) is 29.7 Å². The Hall–Kier alpha value is -4.56. The number of unbranched alkanes of at least 4 members (excludes halogenated alkanes) is 1. The van der Waals surface area contributed by atoms with Crippen molar-refractivity contribution in [1.82, 2.24) is 40.0 Å². The number of likely N-dealkylation sites (N-methyl/N-ethyl adjacent to an activating group) is 2. The Labute approximate surface area is 691 Å². The molecule has 3 amide bonds. The Kier molecular flexibility index (Phi) is 125. The van der Waals surface area contributed by atoms with Gasteiger partial charge >= 0.3 is 29.8 Å². The molecule has 5 unspecified atom stereocenters. The molecule has 5 atom stereocenters. The summed E-state index contributed by atoms with van der Waals surface area (Å²) >= 11 is 0. The predicted molar refractivity (Wildman–Crippen MR) is 478 cm³/mol. The van der Waals surface area contributed by atoms with E-state index in [1.54, 1.807) is 6.92 Å². The molecule has 0 aromatic carbocycles. The Morgan fingerprint density at radius 2 is 0.685 bits per heavy atom. The third-order valence-electron chi connectivity index (χ3n) is 15.6. The van der Waals surface area contributed by atoms with Crippen LogP contribution in [0.4, 0.5) is 0 Å². The van der Waals surface area contributed by atoms with Gasteiger partial charge in [-0.3, -0.25) is 38.4 Å². The van der Waals surface area contributed by atoms with Gasteiger partial charge in [0.25, 0.3) is 0 Å². The normalized spacial score (nSPS) is 11.5. The molecule has 0 saturated heterocycles. The number of ether oxygens (including phenoxy) is 6. The van der Waals surface area contributed by atoms with Gasteiger partial charge in [0.1, 0.15) is 26.6 Å². The quantitative estimate of drug-likeness (QED) is 0.0148. The number of aliphatic hydroxyl groups is 1. The highest BCUT2D eigenvalue weighted by molar-refractivity contribution is 5.81. The van der Waals surface area contributed by atoms with Crippen molar-refractivity contribution in [3.8, 4) is 0 Å². The lowest BCUT2D eigenvalue weighted by molar-refractivity contribution is -0.157. The molecule has 0 heterocycles. The molecule has 0 aliphatic rings. The third-order valence-corrected chi connectivity index (χ3v) is 15.6. The van der Waals surface area contributed by atoms with Crippen LogP contribution < -0.4 is 16.4 Å². The van der Waals surface area contributed by atoms with Crippen molar-refractivity contribution in [2.75, 3.05) is 177 Å². The Bertz CT molecular complexity index is 1970. The van der Waals surface area contributed by atoms with Gasteiger partial charge in [-0.25, -0.2) is 0 Å². The van der Waals surface area contributed by atoms with Gasteiger partial charge in [0.05, 0.1) is 47.4 Å². The lowest BCUT2D eigenvalue weighted by Gasteiger charge is -2.22. The van der Waals surface area contributed by atoms with Gasteiger partial charge in [0.15, 0.2) is 0 Å². The highest BCUT2D eigenvalue weighted by atomic mass is 16.6. The minimum Gasteiger partial charge on any atom is -0.466 e. The number of nitrogens with two attached hydrogens (primary N) is 1. The van der Waals surface area contributed by atoms with Crippen LogP contribution in [0.25, 0.3) is 0 Å². The van der Waals surface area contributed by atoms with Crippen LogP contribution in [0.5, 0.6) is 0 Å². The highest BCUT2D eigenvalue weighted by Crippen LogP contribution is 2.23. The fraction of sp³-hybridized carbons (Fsp3) is 0.862. The standard InChI is InChI=1S/C12H25NO2.C11H23NO2.C10H21NO2.C9H19NO.C9H18O3.C8H16O2.C7H14O2.C5H11NO.4C3H9N.4CH3/c1-6-12(4,5)11(14)15-10-9-13(7-2)8-3;1-5-10(4)11(13)14-9-8-12(6-2)7-3;1-4-6-7-13-8-11-10(12)9(3)5-2;1-5-7-10-8(11)9(3,4)6-2;1-5-9(3,4)8(11)12-6-7(2)10;1-5-8(3,4)7(9)10-6-2;1-4-6(3)7(8)9-5-2;1-3-4(2)5(6)7;4*1-4(2)3;;;;/h6-10H2,1-5H3;10H,5-9H2,1-4H3;9H,4-8H2,1-3H3,(H,11,12);5-7H2,1-4H3,(H,10,11);7,10H,5-6H2,1-4H3;5-6H2,1-4H3;6H,4-5H2,1-3H3;4H,3H2,1-2H3,(H2,6,7);4*1-3H3;4*1H3/q;;;;;;;;;;;;4*-1. The molecule has 0 fully saturated rings. The summed E-state index contributed by atoms with van der Waals surface area (Å²) in [5.74, 6) is -0.310. The average Bonchev–Trinajstić information content (AvgIpc) is 0.914. The summed E-state index contributed by atoms with van der Waals surface area (Å²) < 4.78 is 30.1. The molecule has 0 aromatic heterocycles. The SMILES string of the molecule is CCC(C)(C)C(=O)OCC(C)O.CCC(C)C(=O)OCCN(CC)CC.CCC(C)C(N)=O.CCCCOCNC(=O)C(C)CC.CCCNC(=O)C(C)(C)CC.CCN(CC)CCOC(=O)C(C)(C)CC.CCOC(=O)C(C)(C)CC.CCOC(=O)C(C)CC.CN(C)C.CN(C)C.CN(C)C.CN(C)C.[CH3-].[CH3-].[CH3-].[CH3-]. The average molecular weight is 1610 g/mol. The maximum Gasteiger partial charge on any atom is 0.311 e. The van der Waals surface area contributed by atoms with E-state index in [2.05, 4.69) is 62.0 Å². The molecular weight excluding hydrogens is 1410 g/mol. The monoisotopic (exact) mass is 1610 g/mol. The summed E-state index contributed by atoms with van der Waals surface area (Å²) in [5.41, 5.74) is 3.62. The number of hydrogen-bond donors (Lipinski definition) is 4. The second kappa shape index (κ2) is 96.0. The van der Waals surface area contributed by atoms with Crippen molar-refractivity contribution in [3.63, 3.8) is 0 Å². The Morgan fingerprint density at radius 1 is 0.387 bits per heavy atom. The number of aliphatic hydroxyl groups excluding tert-OH is 1. The number of primary amides is 1. The molecule has 0 rings (SSSR count). The van der Waals surface area contributed by atoms with Gasteiger partial charge in [0.2, 0.25) is 17.7 Å². The van der Waals surface area contributed by atoms with E-state index < -0.39 is 11.5 Å². The first kappa shape index (κ1) is 145. The van der Waals surface area contributed by atoms with Crippen molar-refractivity contribution < 1.29 is 71.9 Å². The van der Waals surface area contributed by atoms with Crippen LogP contribution >= 0.6 is 0 Å². The van der Waals surface area contributed by atoms with E-state index in [1.165, 1.54) is 0 Å². The number of amides is 3. The number of nitrogens with zero attached hydrogens (tertiary/aromatic N) is 6. The van der Waals surface area contributed by atoms with Crippen molar-refractivity contribution in [2.24, 2.45) is 51.1 Å². The van der Waals surface area contributed by atoms with E-state index in [-0.39, 0.29) is 124 Å². The number of esters is 5. The molecule has 0 radical (unpaired) electrons. The van der Waals surface area contributed by atoms with E-state index in [1.807, 2.05) is 256 Å². The summed E-state index contributed by atoms with van der Waals surface area (Å²) in [5, 5.41) is 14.5. The molecule has 24 heteroatoms. The lowest BCUT2D eigenvalue weighted by Crippen LogP contribution is -2.36. The molecule has 5 N–H and O–H groups in total. The van der Waals surface area contributed by atoms with Crippen LogP contribution in [0, 0.1) is 75.0 Å². The first-order valence-electron chi connectivity index (χ1n) is 40.0. The van der Waals surface area contributed by atoms with Crippen LogP contribution in [0.2, 0.25) is 0 Å². The van der Waals surface area contributed by atoms with E-state index in [0.717, 1.165) is 123 Å². The molecule has 111 heavy (non-hydrogen) atoms. The van der Waals surface area contributed by atoms with Crippen LogP contribution in [0.15, 0.2) is 0 Å². The first-order valence-corrected chi connectivity index (χ1v) is 40.0. The summed E-state index contributed by atoms with van der Waals surface area (Å²) in [6, 6.07) is 0. The number of carbonyl (C=O) groups excluding carboxylic acids is 8. The fourth-order valence-corrected chi connectivity index (χ4v) is 5.37. The molecule has 0 aliphatic carbocycles. The van der Waals surface area contributed by atoms with Gasteiger partial charge in [-0.05, 0) is 237 Å². The van der Waals surface area contributed by atoms with Gasteiger partial charge < -0.3 is 109 Å². The second-order valence-electron chi connectivity index (χ2n) is 30.4. The van der Waals surface area contributed by atoms with Crippen LogP contribution in [0.1, 0.15) is 271 Å². The van der Waals surface area contributed by atoms with Gasteiger partial charge in [-0.15, -0.1) is 0 Å². The molecule has 0 aromatic rings. The van der Waals surface area contributed by atoms with Gasteiger partial charge in [-0.2, -0.15) is 0 Å². The summed E-state index contributed by atoms with van der Waals surface area (Å²) in [6.45, 7) is 66.1. The van der Waals surface area contributed by atoms with E-state index in [4.69, 9.17) is 39.3 Å². The lowest BCUT2D eigenvalue weighted by atomic mass is 9.89. The maximum absolute atomic E-state index is 11.6. The van der Waals surface area contributed by atoms with Crippen LogP contribution in [0.3, 0.4) is 0 Å². The third kappa shape index (κ3) is 119. The summed E-state index contributed by atoms with van der Waals surface area (Å²) in [7, 11) is 24.0. The second-order valence-corrected chi connectivity index (χ2v) is 30.4. The Balaban J connectivity index is -0.0000000645. The highest BCUT2D eigenvalue weighted by Gasteiger charge is 2.29. The van der Waals surface area contributed by atoms with Crippen LogP contribution in [-0.2, 0) is 66.8 Å². The molecule has 0 spiro atoms. The topological polar surface area (TPSA) is 282 Å². The number of rotatable bonds is 37. The van der Waals surface area contributed by atoms with Crippen molar-refractivity contribution in [2.45, 2.75) is 278 Å². The molecule has 24 nitrogen and oxygen atoms in total. The zero-order valence-corrected chi connectivity index (χ0v) is 82.0. The zero-order valence-electron chi connectivity index (χ0n) is 82.0. The smallest absolute Gasteiger partial charge is 0.311 e. The number of carbonyl (C=O) groups is 8. The minimum atomic E-state index is -0.582. The van der Waals surface area contributed by atoms with E-state index in [9.17, 15) is 38.4 Å². The fourth-order valence-electron chi connectivity index (χ4n) is 5.37. The van der Waals surface area contributed by atoms with Crippen molar-refractivity contribution in [1.29, 1.82) is 0 Å². The summed E-state index contributed by atoms with van der Waals surface area (Å²) in [6.07, 6.45) is 9.31. The molecule has 0 bridgehead atoms. The van der Waals surface area contributed by atoms with Crippen LogP contribution in [-0.4, -0.2) is 265 Å². The largest absolute Gasteiger partial charge is 0.466 e. The molecule has 682 valence electrons. The minimum absolute atomic E-state index is 0. The Morgan fingerprint density at radius 3 is 0.937 bits per heavy atom. The zero-order chi connectivity index (χ0) is 87.3. The molecule has 0 saturated carbocycles. The first-order chi connectivity index (χ1) is 49.2. The predicted octanol–water partition coefficient (Wildman–Crippen LogP) is 16.1. The summed E-state index contributed by atoms with van der Waals surface area (Å²) in [4.78, 5) is 101. The van der Waals surface area contributed by atoms with E-state index in [0.29, 0.717) is 33.2 Å². The van der Waals surface area contributed by atoms with Crippen molar-refractivity contribution >= 4 is 47.6 Å². The molecular formula is C87H195N9O15-4.